The van der Waals surface area contributed by atoms with Crippen LogP contribution in [-0.2, 0) is 17.6 Å². The monoisotopic (exact) mass is 336 g/mol. The third-order valence-corrected chi connectivity index (χ3v) is 6.20. The van der Waals surface area contributed by atoms with Crippen LogP contribution in [0.2, 0.25) is 0 Å². The van der Waals surface area contributed by atoms with Crippen LogP contribution >= 0.6 is 11.3 Å². The van der Waals surface area contributed by atoms with E-state index >= 15 is 0 Å². The Hall–Kier alpha value is -1.43. The molecule has 1 aromatic heterocycles. The molecule has 3 aliphatic rings. The molecule has 1 saturated carbocycles. The number of fused-ring (bicyclic) bond motifs is 1. The lowest BCUT2D eigenvalue weighted by molar-refractivity contribution is -0.117. The molecule has 2 amide bonds. The van der Waals surface area contributed by atoms with Crippen LogP contribution in [0.1, 0.15) is 52.9 Å². The summed E-state index contributed by atoms with van der Waals surface area (Å²) in [7, 11) is 0. The Morgan fingerprint density at radius 2 is 1.96 bits per heavy atom. The van der Waals surface area contributed by atoms with Gasteiger partial charge in [0.05, 0.1) is 12.1 Å². The van der Waals surface area contributed by atoms with Crippen LogP contribution in [-0.4, -0.2) is 36.0 Å². The average Bonchev–Trinajstić information content (AvgIpc) is 3.21. The van der Waals surface area contributed by atoms with Gasteiger partial charge in [-0.25, -0.2) is 4.39 Å². The molecule has 1 aromatic rings. The highest BCUT2D eigenvalue weighted by atomic mass is 32.1. The SMILES string of the molecule is O=C(Nc1sc2c(c1C(=O)N1CC[C@@H](F)C1)CCCC2)C1CC1. The first-order valence-electron chi connectivity index (χ1n) is 8.52. The van der Waals surface area contributed by atoms with Crippen LogP contribution in [0.3, 0.4) is 0 Å². The quantitative estimate of drug-likeness (QED) is 0.922. The van der Waals surface area contributed by atoms with E-state index in [0.29, 0.717) is 23.5 Å². The molecule has 23 heavy (non-hydrogen) atoms. The van der Waals surface area contributed by atoms with E-state index in [2.05, 4.69) is 5.32 Å². The second kappa shape index (κ2) is 5.89. The molecule has 4 nitrogen and oxygen atoms in total. The number of anilines is 1. The van der Waals surface area contributed by atoms with Crippen molar-refractivity contribution in [3.05, 3.63) is 16.0 Å². The Balaban J connectivity index is 1.65. The fraction of sp³-hybridized carbons (Fsp3) is 0.647. The van der Waals surface area contributed by atoms with Gasteiger partial charge in [-0.3, -0.25) is 9.59 Å². The van der Waals surface area contributed by atoms with Crippen LogP contribution in [0.15, 0.2) is 0 Å². The van der Waals surface area contributed by atoms with Crippen molar-refractivity contribution >= 4 is 28.2 Å². The van der Waals surface area contributed by atoms with E-state index in [0.717, 1.165) is 44.1 Å². The number of thiophene rings is 1. The van der Waals surface area contributed by atoms with Crippen LogP contribution in [0.5, 0.6) is 0 Å². The van der Waals surface area contributed by atoms with Gasteiger partial charge < -0.3 is 10.2 Å². The van der Waals surface area contributed by atoms with Gasteiger partial charge in [0, 0.05) is 17.3 Å². The summed E-state index contributed by atoms with van der Waals surface area (Å²) < 4.78 is 13.5. The van der Waals surface area contributed by atoms with Crippen molar-refractivity contribution in [1.82, 2.24) is 4.90 Å². The number of rotatable bonds is 3. The second-order valence-corrected chi connectivity index (χ2v) is 7.92. The summed E-state index contributed by atoms with van der Waals surface area (Å²) in [6, 6.07) is 0. The molecule has 0 radical (unpaired) electrons. The maximum absolute atomic E-state index is 13.5. The lowest BCUT2D eigenvalue weighted by Crippen LogP contribution is -2.30. The number of halogens is 1. The lowest BCUT2D eigenvalue weighted by atomic mass is 9.95. The number of hydrogen-bond acceptors (Lipinski definition) is 3. The Kier molecular flexibility index (Phi) is 3.87. The summed E-state index contributed by atoms with van der Waals surface area (Å²) >= 11 is 1.55. The molecule has 2 fully saturated rings. The molecule has 6 heteroatoms. The third kappa shape index (κ3) is 2.89. The third-order valence-electron chi connectivity index (χ3n) is 4.99. The number of nitrogens with zero attached hydrogens (tertiary/aromatic N) is 1. The Labute approximate surface area is 139 Å². The minimum atomic E-state index is -0.919. The number of hydrogen-bond donors (Lipinski definition) is 1. The lowest BCUT2D eigenvalue weighted by Gasteiger charge is -2.18. The maximum atomic E-state index is 13.5. The first kappa shape index (κ1) is 15.1. The highest BCUT2D eigenvalue weighted by Crippen LogP contribution is 2.40. The van der Waals surface area contributed by atoms with E-state index < -0.39 is 6.17 Å². The predicted molar refractivity (Wildman–Crippen MR) is 87.7 cm³/mol. The molecule has 1 saturated heterocycles. The van der Waals surface area contributed by atoms with Gasteiger partial charge in [0.2, 0.25) is 5.91 Å². The molecule has 0 spiro atoms. The number of nitrogens with one attached hydrogen (secondary N) is 1. The molecular formula is C17H21FN2O2S. The van der Waals surface area contributed by atoms with Crippen molar-refractivity contribution in [2.24, 2.45) is 5.92 Å². The summed E-state index contributed by atoms with van der Waals surface area (Å²) in [4.78, 5) is 27.9. The van der Waals surface area contributed by atoms with Gasteiger partial charge in [-0.1, -0.05) is 0 Å². The van der Waals surface area contributed by atoms with Gasteiger partial charge in [-0.2, -0.15) is 0 Å². The Bertz CT molecular complexity index is 653. The smallest absolute Gasteiger partial charge is 0.257 e. The van der Waals surface area contributed by atoms with Crippen molar-refractivity contribution < 1.29 is 14.0 Å². The molecule has 1 atom stereocenters. The van der Waals surface area contributed by atoms with E-state index in [-0.39, 0.29) is 24.3 Å². The van der Waals surface area contributed by atoms with Gasteiger partial charge in [-0.05, 0) is 50.5 Å². The van der Waals surface area contributed by atoms with Gasteiger partial charge >= 0.3 is 0 Å². The van der Waals surface area contributed by atoms with Crippen molar-refractivity contribution in [1.29, 1.82) is 0 Å². The molecule has 1 N–H and O–H groups in total. The summed E-state index contributed by atoms with van der Waals surface area (Å²) in [6.45, 7) is 0.653. The largest absolute Gasteiger partial charge is 0.336 e. The van der Waals surface area contributed by atoms with Crippen molar-refractivity contribution in [2.75, 3.05) is 18.4 Å². The molecule has 2 aliphatic carbocycles. The first-order valence-corrected chi connectivity index (χ1v) is 9.34. The summed E-state index contributed by atoms with van der Waals surface area (Å²) in [6.07, 6.45) is 5.45. The normalized spacial score (nSPS) is 23.7. The fourth-order valence-corrected chi connectivity index (χ4v) is 4.78. The minimum absolute atomic E-state index is 0.0300. The summed E-state index contributed by atoms with van der Waals surface area (Å²) in [5, 5.41) is 3.68. The zero-order chi connectivity index (χ0) is 16.0. The van der Waals surface area contributed by atoms with Crippen LogP contribution in [0.25, 0.3) is 0 Å². The van der Waals surface area contributed by atoms with E-state index in [1.165, 1.54) is 4.88 Å². The second-order valence-electron chi connectivity index (χ2n) is 6.82. The Morgan fingerprint density at radius 1 is 1.17 bits per heavy atom. The highest BCUT2D eigenvalue weighted by Gasteiger charge is 2.35. The molecule has 0 bridgehead atoms. The number of amides is 2. The van der Waals surface area contributed by atoms with Gasteiger partial charge in [0.1, 0.15) is 11.2 Å². The number of carbonyl (C=O) groups is 2. The summed E-state index contributed by atoms with van der Waals surface area (Å²) in [5.41, 5.74) is 1.74. The molecule has 1 aliphatic heterocycles. The van der Waals surface area contributed by atoms with E-state index in [1.807, 2.05) is 0 Å². The molecule has 0 aromatic carbocycles. The van der Waals surface area contributed by atoms with E-state index in [1.54, 1.807) is 16.2 Å². The number of alkyl halides is 1. The Morgan fingerprint density at radius 3 is 2.65 bits per heavy atom. The number of carbonyl (C=O) groups excluding carboxylic acids is 2. The van der Waals surface area contributed by atoms with Gasteiger partial charge in [0.25, 0.3) is 5.91 Å². The fourth-order valence-electron chi connectivity index (χ4n) is 3.50. The van der Waals surface area contributed by atoms with Gasteiger partial charge in [0.15, 0.2) is 0 Å². The van der Waals surface area contributed by atoms with Crippen LogP contribution in [0, 0.1) is 5.92 Å². The zero-order valence-corrected chi connectivity index (χ0v) is 13.9. The van der Waals surface area contributed by atoms with E-state index in [4.69, 9.17) is 0 Å². The van der Waals surface area contributed by atoms with Crippen LogP contribution < -0.4 is 5.32 Å². The van der Waals surface area contributed by atoms with E-state index in [9.17, 15) is 14.0 Å². The summed E-state index contributed by atoms with van der Waals surface area (Å²) in [5.74, 6) is 0.0390. The topological polar surface area (TPSA) is 49.4 Å². The molecule has 0 unspecified atom stereocenters. The number of likely N-dealkylation sites (tertiary alicyclic amines) is 1. The minimum Gasteiger partial charge on any atom is -0.336 e. The van der Waals surface area contributed by atoms with Crippen molar-refractivity contribution in [3.63, 3.8) is 0 Å². The zero-order valence-electron chi connectivity index (χ0n) is 13.1. The van der Waals surface area contributed by atoms with Gasteiger partial charge in [-0.15, -0.1) is 11.3 Å². The molecule has 4 rings (SSSR count). The van der Waals surface area contributed by atoms with Crippen molar-refractivity contribution in [3.8, 4) is 0 Å². The number of aryl methyl sites for hydroxylation is 1. The molecule has 2 heterocycles. The van der Waals surface area contributed by atoms with Crippen molar-refractivity contribution in [2.45, 2.75) is 51.1 Å². The molecule has 124 valence electrons. The highest BCUT2D eigenvalue weighted by molar-refractivity contribution is 7.17. The predicted octanol–water partition coefficient (Wildman–Crippen LogP) is 3.16. The first-order chi connectivity index (χ1) is 11.1. The standard InChI is InChI=1S/C17H21FN2O2S/c18-11-7-8-20(9-11)17(22)14-12-3-1-2-4-13(12)23-16(14)19-15(21)10-5-6-10/h10-11H,1-9H2,(H,19,21)/t11-/m1/s1. The van der Waals surface area contributed by atoms with Crippen LogP contribution in [0.4, 0.5) is 9.39 Å². The maximum Gasteiger partial charge on any atom is 0.257 e. The average molecular weight is 336 g/mol. The molecular weight excluding hydrogens is 315 g/mol.